The van der Waals surface area contributed by atoms with Crippen molar-refractivity contribution in [2.45, 2.75) is 45.7 Å². The summed E-state index contributed by atoms with van der Waals surface area (Å²) >= 11 is 3.37. The van der Waals surface area contributed by atoms with E-state index in [0.29, 0.717) is 18.7 Å². The van der Waals surface area contributed by atoms with Crippen molar-refractivity contribution in [2.75, 3.05) is 23.7 Å². The summed E-state index contributed by atoms with van der Waals surface area (Å²) in [5, 5.41) is 2.99. The Morgan fingerprint density at radius 2 is 1.59 bits per heavy atom. The van der Waals surface area contributed by atoms with E-state index in [-0.39, 0.29) is 12.5 Å². The molecule has 3 aromatic carbocycles. The lowest BCUT2D eigenvalue weighted by Crippen LogP contribution is -2.53. The average Bonchev–Trinajstić information content (AvgIpc) is 2.91. The van der Waals surface area contributed by atoms with Crippen LogP contribution in [0.2, 0.25) is 0 Å². The van der Waals surface area contributed by atoms with E-state index in [4.69, 9.17) is 0 Å². The molecule has 1 atom stereocenters. The number of hydrogen-bond donors (Lipinski definition) is 1. The Bertz CT molecular complexity index is 1350. The molecule has 0 aliphatic heterocycles. The number of nitrogens with one attached hydrogen (secondary N) is 1. The fraction of sp³-hybridized carbons (Fsp3) is 0.333. The van der Waals surface area contributed by atoms with E-state index in [1.165, 1.54) is 4.90 Å². The van der Waals surface area contributed by atoms with Crippen LogP contribution in [0.3, 0.4) is 0 Å². The van der Waals surface area contributed by atoms with Crippen molar-refractivity contribution in [1.29, 1.82) is 0 Å². The van der Waals surface area contributed by atoms with Gasteiger partial charge in [-0.2, -0.15) is 0 Å². The number of carbonyl (C=O) groups excluding carboxylic acids is 2. The number of aryl methyl sites for hydroxylation is 1. The van der Waals surface area contributed by atoms with Gasteiger partial charge in [0.25, 0.3) is 0 Å². The van der Waals surface area contributed by atoms with Gasteiger partial charge in [0.05, 0.1) is 11.9 Å². The van der Waals surface area contributed by atoms with Gasteiger partial charge in [0.15, 0.2) is 0 Å². The molecule has 3 rings (SSSR count). The van der Waals surface area contributed by atoms with Crippen LogP contribution in [0.25, 0.3) is 0 Å². The van der Waals surface area contributed by atoms with Crippen LogP contribution < -0.4 is 9.62 Å². The Morgan fingerprint density at radius 1 is 0.949 bits per heavy atom. The normalized spacial score (nSPS) is 12.0. The number of sulfonamides is 1. The van der Waals surface area contributed by atoms with Gasteiger partial charge in [-0.05, 0) is 54.3 Å². The maximum atomic E-state index is 14.1. The molecule has 0 unspecified atom stereocenters. The fourth-order valence-corrected chi connectivity index (χ4v) is 5.37. The zero-order chi connectivity index (χ0) is 28.4. The van der Waals surface area contributed by atoms with E-state index >= 15 is 0 Å². The van der Waals surface area contributed by atoms with Crippen molar-refractivity contribution in [2.24, 2.45) is 0 Å². The van der Waals surface area contributed by atoms with Gasteiger partial charge in [-0.25, -0.2) is 8.42 Å². The summed E-state index contributed by atoms with van der Waals surface area (Å²) in [5.41, 5.74) is 3.15. The average molecular weight is 615 g/mol. The van der Waals surface area contributed by atoms with E-state index in [1.807, 2.05) is 68.4 Å². The van der Waals surface area contributed by atoms with Gasteiger partial charge in [-0.1, -0.05) is 83.9 Å². The van der Waals surface area contributed by atoms with Crippen molar-refractivity contribution in [3.8, 4) is 0 Å². The van der Waals surface area contributed by atoms with Crippen LogP contribution in [0.5, 0.6) is 0 Å². The highest BCUT2D eigenvalue weighted by molar-refractivity contribution is 9.10. The van der Waals surface area contributed by atoms with Gasteiger partial charge in [0, 0.05) is 24.0 Å². The molecule has 0 spiro atoms. The summed E-state index contributed by atoms with van der Waals surface area (Å²) in [4.78, 5) is 29.2. The summed E-state index contributed by atoms with van der Waals surface area (Å²) in [6.07, 6.45) is 3.12. The molecule has 1 N–H and O–H groups in total. The highest BCUT2D eigenvalue weighted by Gasteiger charge is 2.33. The third-order valence-corrected chi connectivity index (χ3v) is 8.17. The number of rotatable bonds is 13. The molecule has 0 aliphatic rings. The summed E-state index contributed by atoms with van der Waals surface area (Å²) in [5.74, 6) is -0.720. The molecule has 0 heterocycles. The van der Waals surface area contributed by atoms with E-state index in [9.17, 15) is 18.0 Å². The third-order valence-electron chi connectivity index (χ3n) is 6.50. The molecule has 0 bridgehead atoms. The minimum Gasteiger partial charge on any atom is -0.354 e. The van der Waals surface area contributed by atoms with Crippen molar-refractivity contribution in [1.82, 2.24) is 10.2 Å². The second-order valence-electron chi connectivity index (χ2n) is 9.54. The largest absolute Gasteiger partial charge is 0.354 e. The Morgan fingerprint density at radius 3 is 2.21 bits per heavy atom. The lowest BCUT2D eigenvalue weighted by Gasteiger charge is -2.34. The molecule has 0 fully saturated rings. The Labute approximate surface area is 240 Å². The fourth-order valence-electron chi connectivity index (χ4n) is 4.25. The first-order valence-corrected chi connectivity index (χ1v) is 15.6. The molecule has 7 nitrogen and oxygen atoms in total. The molecule has 9 heteroatoms. The molecule has 0 aliphatic carbocycles. The SMILES string of the molecule is CCCCNC(=O)[C@@H](Cc1ccccc1)N(Cc1ccccc1C)C(=O)CN(c1ccc(Br)cc1)S(C)(=O)=O. The number of amides is 2. The van der Waals surface area contributed by atoms with E-state index in [0.717, 1.165) is 44.6 Å². The smallest absolute Gasteiger partial charge is 0.244 e. The van der Waals surface area contributed by atoms with Gasteiger partial charge in [-0.3, -0.25) is 13.9 Å². The predicted molar refractivity (Wildman–Crippen MR) is 160 cm³/mol. The number of carbonyl (C=O) groups is 2. The molecule has 2 amide bonds. The second kappa shape index (κ2) is 14.3. The summed E-state index contributed by atoms with van der Waals surface area (Å²) in [6, 6.07) is 23.1. The van der Waals surface area contributed by atoms with Crippen molar-refractivity contribution < 1.29 is 18.0 Å². The van der Waals surface area contributed by atoms with Crippen LogP contribution >= 0.6 is 15.9 Å². The maximum Gasteiger partial charge on any atom is 0.244 e. The Balaban J connectivity index is 2.03. The van der Waals surface area contributed by atoms with Crippen LogP contribution in [0.4, 0.5) is 5.69 Å². The number of halogens is 1. The molecule has 0 radical (unpaired) electrons. The summed E-state index contributed by atoms with van der Waals surface area (Å²) < 4.78 is 27.5. The monoisotopic (exact) mass is 613 g/mol. The van der Waals surface area contributed by atoms with Crippen LogP contribution in [-0.4, -0.2) is 50.5 Å². The van der Waals surface area contributed by atoms with Crippen molar-refractivity contribution in [3.63, 3.8) is 0 Å². The lowest BCUT2D eigenvalue weighted by molar-refractivity contribution is -0.140. The maximum absolute atomic E-state index is 14.1. The van der Waals surface area contributed by atoms with Crippen LogP contribution in [-0.2, 0) is 32.6 Å². The first-order valence-electron chi connectivity index (χ1n) is 13.0. The van der Waals surface area contributed by atoms with Crippen molar-refractivity contribution in [3.05, 3.63) is 100 Å². The highest BCUT2D eigenvalue weighted by atomic mass is 79.9. The molecule has 0 aromatic heterocycles. The minimum atomic E-state index is -3.79. The standard InChI is InChI=1S/C30H36BrN3O4S/c1-4-5-19-32-30(36)28(20-24-12-7-6-8-13-24)33(21-25-14-10-9-11-23(25)2)29(35)22-34(39(3,37)38)27-17-15-26(31)16-18-27/h6-18,28H,4-5,19-22H2,1-3H3,(H,32,36)/t28-/m1/s1. The van der Waals surface area contributed by atoms with E-state index in [2.05, 4.69) is 21.2 Å². The summed E-state index contributed by atoms with van der Waals surface area (Å²) in [6.45, 7) is 4.24. The van der Waals surface area contributed by atoms with Gasteiger partial charge in [0.1, 0.15) is 12.6 Å². The number of hydrogen-bond acceptors (Lipinski definition) is 4. The van der Waals surface area contributed by atoms with Gasteiger partial charge in [0.2, 0.25) is 21.8 Å². The predicted octanol–water partition coefficient (Wildman–Crippen LogP) is 5.08. The molecule has 0 saturated heterocycles. The molecule has 208 valence electrons. The number of anilines is 1. The Kier molecular flexibility index (Phi) is 11.1. The lowest BCUT2D eigenvalue weighted by atomic mass is 10.0. The van der Waals surface area contributed by atoms with E-state index in [1.54, 1.807) is 24.3 Å². The number of unbranched alkanes of at least 4 members (excludes halogenated alkanes) is 1. The van der Waals surface area contributed by atoms with Crippen molar-refractivity contribution >= 4 is 43.5 Å². The minimum absolute atomic E-state index is 0.169. The van der Waals surface area contributed by atoms with Crippen LogP contribution in [0, 0.1) is 6.92 Å². The topological polar surface area (TPSA) is 86.8 Å². The molecular formula is C30H36BrN3O4S. The summed E-state index contributed by atoms with van der Waals surface area (Å²) in [7, 11) is -3.79. The van der Waals surface area contributed by atoms with Gasteiger partial charge < -0.3 is 10.2 Å². The number of nitrogens with zero attached hydrogens (tertiary/aromatic N) is 2. The highest BCUT2D eigenvalue weighted by Crippen LogP contribution is 2.23. The third kappa shape index (κ3) is 8.93. The first-order chi connectivity index (χ1) is 18.6. The molecular weight excluding hydrogens is 578 g/mol. The Hall–Kier alpha value is -3.17. The first kappa shape index (κ1) is 30.4. The van der Waals surface area contributed by atoms with E-state index < -0.39 is 28.5 Å². The molecule has 39 heavy (non-hydrogen) atoms. The zero-order valence-electron chi connectivity index (χ0n) is 22.6. The van der Waals surface area contributed by atoms with Gasteiger partial charge >= 0.3 is 0 Å². The second-order valence-corrected chi connectivity index (χ2v) is 12.4. The number of benzene rings is 3. The zero-order valence-corrected chi connectivity index (χ0v) is 25.0. The van der Waals surface area contributed by atoms with Gasteiger partial charge in [-0.15, -0.1) is 0 Å². The van der Waals surface area contributed by atoms with Crippen LogP contribution in [0.1, 0.15) is 36.5 Å². The quantitative estimate of drug-likeness (QED) is 0.272. The molecule has 3 aromatic rings. The van der Waals surface area contributed by atoms with Crippen LogP contribution in [0.15, 0.2) is 83.3 Å². The molecule has 0 saturated carbocycles.